The molecule has 2 N–H and O–H groups in total. The fraction of sp³-hybridized carbons (Fsp3) is 0.118. The van der Waals surface area contributed by atoms with Crippen LogP contribution in [0.2, 0.25) is 10.0 Å². The number of aromatic nitrogens is 3. The van der Waals surface area contributed by atoms with Gasteiger partial charge in [-0.1, -0.05) is 41.4 Å². The summed E-state index contributed by atoms with van der Waals surface area (Å²) in [5, 5.41) is 15.1. The minimum absolute atomic E-state index is 0.328. The molecule has 0 amide bonds. The number of benzene rings is 2. The van der Waals surface area contributed by atoms with Gasteiger partial charge < -0.3 is 10.6 Å². The Morgan fingerprint density at radius 2 is 1.67 bits per heavy atom. The maximum atomic E-state index is 6.16. The monoisotopic (exact) mass is 359 g/mol. The van der Waals surface area contributed by atoms with E-state index in [4.69, 9.17) is 23.2 Å². The minimum atomic E-state index is 0.328. The summed E-state index contributed by atoms with van der Waals surface area (Å²) in [7, 11) is 0. The van der Waals surface area contributed by atoms with Gasteiger partial charge in [0.1, 0.15) is 0 Å². The van der Waals surface area contributed by atoms with Crippen molar-refractivity contribution >= 4 is 46.3 Å². The van der Waals surface area contributed by atoms with Crippen LogP contribution in [-0.2, 0) is 0 Å². The molecule has 0 saturated heterocycles. The SMILES string of the molecule is Cc1cccc(Nc2cnnc(Nc3cccc(Cl)c3Cl)n2)c1C. The molecule has 24 heavy (non-hydrogen) atoms. The van der Waals surface area contributed by atoms with E-state index in [2.05, 4.69) is 45.7 Å². The Hall–Kier alpha value is -2.37. The molecule has 3 rings (SSSR count). The molecule has 2 aromatic carbocycles. The molecular weight excluding hydrogens is 345 g/mol. The molecule has 1 aromatic heterocycles. The fourth-order valence-corrected chi connectivity index (χ4v) is 2.51. The summed E-state index contributed by atoms with van der Waals surface area (Å²) in [5.74, 6) is 0.911. The van der Waals surface area contributed by atoms with Crippen LogP contribution in [0, 0.1) is 13.8 Å². The van der Waals surface area contributed by atoms with Gasteiger partial charge in [0.05, 0.1) is 21.9 Å². The smallest absolute Gasteiger partial charge is 0.249 e. The van der Waals surface area contributed by atoms with E-state index < -0.39 is 0 Å². The highest BCUT2D eigenvalue weighted by atomic mass is 35.5. The molecule has 0 bridgehead atoms. The van der Waals surface area contributed by atoms with Crippen molar-refractivity contribution in [3.8, 4) is 0 Å². The van der Waals surface area contributed by atoms with E-state index in [1.54, 1.807) is 24.4 Å². The molecule has 0 unspecified atom stereocenters. The molecule has 0 radical (unpaired) electrons. The lowest BCUT2D eigenvalue weighted by Gasteiger charge is -2.12. The van der Waals surface area contributed by atoms with Crippen molar-refractivity contribution in [2.24, 2.45) is 0 Å². The van der Waals surface area contributed by atoms with E-state index in [9.17, 15) is 0 Å². The summed E-state index contributed by atoms with van der Waals surface area (Å²) in [5.41, 5.74) is 3.95. The van der Waals surface area contributed by atoms with E-state index in [0.717, 1.165) is 11.3 Å². The van der Waals surface area contributed by atoms with Crippen molar-refractivity contribution in [2.45, 2.75) is 13.8 Å². The fourth-order valence-electron chi connectivity index (χ4n) is 2.16. The van der Waals surface area contributed by atoms with Crippen LogP contribution in [0.4, 0.5) is 23.1 Å². The first-order valence-corrected chi connectivity index (χ1v) is 8.04. The van der Waals surface area contributed by atoms with Gasteiger partial charge in [0.2, 0.25) is 5.95 Å². The normalized spacial score (nSPS) is 10.5. The second kappa shape index (κ2) is 7.03. The number of nitrogens with zero attached hydrogens (tertiary/aromatic N) is 3. The Morgan fingerprint density at radius 3 is 2.50 bits per heavy atom. The lowest BCUT2D eigenvalue weighted by molar-refractivity contribution is 0.982. The zero-order valence-corrected chi connectivity index (χ0v) is 14.7. The van der Waals surface area contributed by atoms with Crippen LogP contribution >= 0.6 is 23.2 Å². The van der Waals surface area contributed by atoms with Gasteiger partial charge in [-0.3, -0.25) is 0 Å². The van der Waals surface area contributed by atoms with Gasteiger partial charge in [0, 0.05) is 5.69 Å². The molecule has 122 valence electrons. The van der Waals surface area contributed by atoms with Crippen molar-refractivity contribution in [1.29, 1.82) is 0 Å². The topological polar surface area (TPSA) is 62.7 Å². The standard InChI is InChI=1S/C17H15Cl2N5/c1-10-5-3-7-13(11(10)2)21-15-9-20-24-17(23-15)22-14-8-4-6-12(18)16(14)19/h3-9H,1-2H3,(H2,21,22,23,24). The third kappa shape index (κ3) is 3.58. The number of anilines is 4. The highest BCUT2D eigenvalue weighted by Gasteiger charge is 2.08. The average molecular weight is 360 g/mol. The van der Waals surface area contributed by atoms with Crippen LogP contribution in [0.5, 0.6) is 0 Å². The molecule has 0 aliphatic carbocycles. The Labute approximate surface area is 150 Å². The van der Waals surface area contributed by atoms with Crippen molar-refractivity contribution in [3.63, 3.8) is 0 Å². The summed E-state index contributed by atoms with van der Waals surface area (Å²) in [6, 6.07) is 11.3. The first-order chi connectivity index (χ1) is 11.5. The number of nitrogens with one attached hydrogen (secondary N) is 2. The van der Waals surface area contributed by atoms with Crippen molar-refractivity contribution < 1.29 is 0 Å². The Kier molecular flexibility index (Phi) is 4.83. The van der Waals surface area contributed by atoms with Gasteiger partial charge in [-0.05, 0) is 43.2 Å². The van der Waals surface area contributed by atoms with Gasteiger partial charge in [-0.25, -0.2) is 0 Å². The second-order valence-corrected chi connectivity index (χ2v) is 6.05. The molecular formula is C17H15Cl2N5. The second-order valence-electron chi connectivity index (χ2n) is 5.26. The number of aryl methyl sites for hydroxylation is 1. The molecule has 0 aliphatic heterocycles. The molecule has 7 heteroatoms. The molecule has 1 heterocycles. The van der Waals surface area contributed by atoms with Gasteiger partial charge in [-0.15, -0.1) is 5.10 Å². The lowest BCUT2D eigenvalue weighted by atomic mass is 10.1. The zero-order chi connectivity index (χ0) is 17.1. The molecule has 5 nitrogen and oxygen atoms in total. The van der Waals surface area contributed by atoms with Crippen LogP contribution in [0.15, 0.2) is 42.6 Å². The summed E-state index contributed by atoms with van der Waals surface area (Å²) in [6.45, 7) is 4.12. The number of halogens is 2. The van der Waals surface area contributed by atoms with E-state index in [0.29, 0.717) is 27.5 Å². The summed E-state index contributed by atoms with van der Waals surface area (Å²) >= 11 is 12.2. The van der Waals surface area contributed by atoms with Crippen LogP contribution in [-0.4, -0.2) is 15.2 Å². The molecule has 0 atom stereocenters. The first kappa shape index (κ1) is 16.5. The highest BCUT2D eigenvalue weighted by Crippen LogP contribution is 2.31. The van der Waals surface area contributed by atoms with Gasteiger partial charge in [0.15, 0.2) is 5.82 Å². The summed E-state index contributed by atoms with van der Waals surface area (Å²) < 4.78 is 0. The largest absolute Gasteiger partial charge is 0.339 e. The minimum Gasteiger partial charge on any atom is -0.339 e. The zero-order valence-electron chi connectivity index (χ0n) is 13.1. The molecule has 0 aliphatic rings. The van der Waals surface area contributed by atoms with Crippen LogP contribution < -0.4 is 10.6 Å². The predicted octanol–water partition coefficient (Wildman–Crippen LogP) is 5.28. The molecule has 0 spiro atoms. The van der Waals surface area contributed by atoms with Gasteiger partial charge in [0.25, 0.3) is 0 Å². The van der Waals surface area contributed by atoms with Crippen molar-refractivity contribution in [3.05, 3.63) is 63.8 Å². The van der Waals surface area contributed by atoms with Crippen molar-refractivity contribution in [2.75, 3.05) is 10.6 Å². The molecule has 3 aromatic rings. The Bertz CT molecular complexity index is 814. The number of hydrogen-bond donors (Lipinski definition) is 2. The summed E-state index contributed by atoms with van der Waals surface area (Å²) in [6.07, 6.45) is 1.56. The van der Waals surface area contributed by atoms with Crippen LogP contribution in [0.3, 0.4) is 0 Å². The molecule has 0 saturated carbocycles. The predicted molar refractivity (Wildman–Crippen MR) is 98.8 cm³/mol. The Morgan fingerprint density at radius 1 is 0.917 bits per heavy atom. The molecule has 0 fully saturated rings. The maximum absolute atomic E-state index is 6.16. The first-order valence-electron chi connectivity index (χ1n) is 7.28. The third-order valence-electron chi connectivity index (χ3n) is 3.62. The van der Waals surface area contributed by atoms with Crippen molar-refractivity contribution in [1.82, 2.24) is 15.2 Å². The average Bonchev–Trinajstić information content (AvgIpc) is 2.57. The highest BCUT2D eigenvalue weighted by molar-refractivity contribution is 6.43. The Balaban J connectivity index is 1.84. The quantitative estimate of drug-likeness (QED) is 0.663. The van der Waals surface area contributed by atoms with Gasteiger partial charge in [-0.2, -0.15) is 10.1 Å². The van der Waals surface area contributed by atoms with E-state index in [1.165, 1.54) is 5.56 Å². The van der Waals surface area contributed by atoms with E-state index in [1.807, 2.05) is 12.1 Å². The number of hydrogen-bond acceptors (Lipinski definition) is 5. The van der Waals surface area contributed by atoms with E-state index >= 15 is 0 Å². The number of rotatable bonds is 4. The van der Waals surface area contributed by atoms with Crippen LogP contribution in [0.25, 0.3) is 0 Å². The summed E-state index contributed by atoms with van der Waals surface area (Å²) in [4.78, 5) is 4.41. The third-order valence-corrected chi connectivity index (χ3v) is 4.44. The maximum Gasteiger partial charge on any atom is 0.249 e. The van der Waals surface area contributed by atoms with Crippen LogP contribution in [0.1, 0.15) is 11.1 Å². The lowest BCUT2D eigenvalue weighted by Crippen LogP contribution is -2.03. The van der Waals surface area contributed by atoms with E-state index in [-0.39, 0.29) is 0 Å². The van der Waals surface area contributed by atoms with Gasteiger partial charge >= 0.3 is 0 Å².